The molecule has 0 aliphatic carbocycles. The van der Waals surface area contributed by atoms with E-state index < -0.39 is 6.03 Å². The molecule has 0 aromatic heterocycles. The zero-order chi connectivity index (χ0) is 13.4. The molecule has 1 aliphatic heterocycles. The lowest BCUT2D eigenvalue weighted by molar-refractivity contribution is 0.151. The second-order valence-corrected chi connectivity index (χ2v) is 5.24. The van der Waals surface area contributed by atoms with Gasteiger partial charge in [0.05, 0.1) is 0 Å². The van der Waals surface area contributed by atoms with E-state index in [0.29, 0.717) is 12.6 Å². The van der Waals surface area contributed by atoms with Crippen molar-refractivity contribution in [2.24, 2.45) is 11.7 Å². The topological polar surface area (TPSA) is 70.4 Å². The number of nitrogens with one attached hydrogen (secondary N) is 2. The van der Waals surface area contributed by atoms with E-state index in [2.05, 4.69) is 29.4 Å². The van der Waals surface area contributed by atoms with Crippen LogP contribution in [0.5, 0.6) is 0 Å². The molecule has 2 amide bonds. The van der Waals surface area contributed by atoms with Gasteiger partial charge >= 0.3 is 6.03 Å². The fraction of sp³-hybridized carbons (Fsp3) is 0.923. The molecule has 0 spiro atoms. The summed E-state index contributed by atoms with van der Waals surface area (Å²) in [7, 11) is 0. The van der Waals surface area contributed by atoms with E-state index >= 15 is 0 Å². The average Bonchev–Trinajstić information content (AvgIpc) is 2.35. The van der Waals surface area contributed by atoms with Crippen LogP contribution in [0.1, 0.15) is 33.1 Å². The van der Waals surface area contributed by atoms with Crippen molar-refractivity contribution in [3.8, 4) is 0 Å². The first-order valence-corrected chi connectivity index (χ1v) is 7.12. The monoisotopic (exact) mass is 256 g/mol. The number of urea groups is 1. The van der Waals surface area contributed by atoms with Crippen LogP contribution in [0.15, 0.2) is 0 Å². The molecule has 5 nitrogen and oxygen atoms in total. The highest BCUT2D eigenvalue weighted by molar-refractivity contribution is 5.71. The fourth-order valence-electron chi connectivity index (χ4n) is 2.67. The number of carbonyl (C=O) groups is 1. The molecule has 106 valence electrons. The first-order valence-electron chi connectivity index (χ1n) is 7.12. The molecule has 0 saturated carbocycles. The molecule has 1 saturated heterocycles. The molecule has 2 atom stereocenters. The highest BCUT2D eigenvalue weighted by atomic mass is 16.2. The number of likely N-dealkylation sites (tertiary alicyclic amines) is 1. The molecule has 5 heteroatoms. The van der Waals surface area contributed by atoms with Crippen LogP contribution in [0.25, 0.3) is 0 Å². The SMILES string of the molecule is CCCN1CCCC(C(C)NCCNC(N)=O)C1. The number of piperidine rings is 1. The number of rotatable bonds is 7. The van der Waals surface area contributed by atoms with Gasteiger partial charge in [0.25, 0.3) is 0 Å². The van der Waals surface area contributed by atoms with E-state index in [1.807, 2.05) is 0 Å². The molecule has 0 radical (unpaired) electrons. The standard InChI is InChI=1S/C13H28N4O/c1-3-8-17-9-4-5-12(10-17)11(2)15-6-7-16-13(14)18/h11-12,15H,3-10H2,1-2H3,(H3,14,16,18). The minimum atomic E-state index is -0.448. The molecular formula is C13H28N4O. The lowest BCUT2D eigenvalue weighted by Gasteiger charge is -2.36. The summed E-state index contributed by atoms with van der Waals surface area (Å²) in [6.07, 6.45) is 3.84. The van der Waals surface area contributed by atoms with Gasteiger partial charge in [-0.05, 0) is 45.2 Å². The highest BCUT2D eigenvalue weighted by Crippen LogP contribution is 2.19. The summed E-state index contributed by atoms with van der Waals surface area (Å²) < 4.78 is 0. The fourth-order valence-corrected chi connectivity index (χ4v) is 2.67. The summed E-state index contributed by atoms with van der Waals surface area (Å²) >= 11 is 0. The van der Waals surface area contributed by atoms with Crippen molar-refractivity contribution in [1.29, 1.82) is 0 Å². The largest absolute Gasteiger partial charge is 0.352 e. The quantitative estimate of drug-likeness (QED) is 0.589. The predicted octanol–water partition coefficient (Wildman–Crippen LogP) is 0.755. The summed E-state index contributed by atoms with van der Waals surface area (Å²) in [5.74, 6) is 0.721. The molecule has 1 aliphatic rings. The molecule has 0 aromatic rings. The Kier molecular flexibility index (Phi) is 7.05. The van der Waals surface area contributed by atoms with Crippen LogP contribution in [0.2, 0.25) is 0 Å². The van der Waals surface area contributed by atoms with Gasteiger partial charge in [0, 0.05) is 25.7 Å². The van der Waals surface area contributed by atoms with Crippen LogP contribution in [-0.4, -0.2) is 49.7 Å². The number of nitrogens with zero attached hydrogens (tertiary/aromatic N) is 1. The third-order valence-corrected chi connectivity index (χ3v) is 3.68. The Bertz CT molecular complexity index is 245. The number of carbonyl (C=O) groups excluding carboxylic acids is 1. The van der Waals surface area contributed by atoms with Crippen LogP contribution in [-0.2, 0) is 0 Å². The molecule has 0 bridgehead atoms. The Hall–Kier alpha value is -0.810. The minimum absolute atomic E-state index is 0.448. The second-order valence-electron chi connectivity index (χ2n) is 5.24. The van der Waals surface area contributed by atoms with Gasteiger partial charge in [-0.15, -0.1) is 0 Å². The number of hydrogen-bond acceptors (Lipinski definition) is 3. The summed E-state index contributed by atoms with van der Waals surface area (Å²) in [6.45, 7) is 9.53. The van der Waals surface area contributed by atoms with Gasteiger partial charge in [-0.1, -0.05) is 6.92 Å². The van der Waals surface area contributed by atoms with Gasteiger partial charge in [0.15, 0.2) is 0 Å². The van der Waals surface area contributed by atoms with Crippen molar-refractivity contribution < 1.29 is 4.79 Å². The van der Waals surface area contributed by atoms with Crippen molar-refractivity contribution in [3.05, 3.63) is 0 Å². The third-order valence-electron chi connectivity index (χ3n) is 3.68. The molecule has 1 fully saturated rings. The van der Waals surface area contributed by atoms with Crippen LogP contribution >= 0.6 is 0 Å². The van der Waals surface area contributed by atoms with Crippen molar-refractivity contribution in [3.63, 3.8) is 0 Å². The molecule has 2 unspecified atom stereocenters. The summed E-state index contributed by atoms with van der Waals surface area (Å²) in [5, 5.41) is 6.07. The molecule has 4 N–H and O–H groups in total. The van der Waals surface area contributed by atoms with Crippen molar-refractivity contribution >= 4 is 6.03 Å². The minimum Gasteiger partial charge on any atom is -0.352 e. The lowest BCUT2D eigenvalue weighted by Crippen LogP contribution is -2.46. The van der Waals surface area contributed by atoms with Gasteiger partial charge in [-0.3, -0.25) is 0 Å². The van der Waals surface area contributed by atoms with Crippen molar-refractivity contribution in [1.82, 2.24) is 15.5 Å². The van der Waals surface area contributed by atoms with Crippen LogP contribution in [0.4, 0.5) is 4.79 Å². The van der Waals surface area contributed by atoms with Gasteiger partial charge in [-0.25, -0.2) is 4.79 Å². The Balaban J connectivity index is 2.19. The summed E-state index contributed by atoms with van der Waals surface area (Å²) in [6, 6.07) is 0.0515. The van der Waals surface area contributed by atoms with Crippen molar-refractivity contribution in [2.45, 2.75) is 39.2 Å². The van der Waals surface area contributed by atoms with E-state index in [-0.39, 0.29) is 0 Å². The smallest absolute Gasteiger partial charge is 0.312 e. The molecule has 1 rings (SSSR count). The number of primary amides is 1. The van der Waals surface area contributed by atoms with Gasteiger partial charge < -0.3 is 21.3 Å². The van der Waals surface area contributed by atoms with Gasteiger partial charge in [0.1, 0.15) is 0 Å². The van der Waals surface area contributed by atoms with E-state index in [1.165, 1.54) is 38.9 Å². The Morgan fingerprint density at radius 3 is 2.94 bits per heavy atom. The first kappa shape index (κ1) is 15.2. The average molecular weight is 256 g/mol. The normalized spacial score (nSPS) is 22.7. The summed E-state index contributed by atoms with van der Waals surface area (Å²) in [5.41, 5.74) is 5.02. The number of nitrogens with two attached hydrogens (primary N) is 1. The second kappa shape index (κ2) is 8.32. The summed E-state index contributed by atoms with van der Waals surface area (Å²) in [4.78, 5) is 13.1. The number of hydrogen-bond donors (Lipinski definition) is 3. The van der Waals surface area contributed by atoms with Crippen molar-refractivity contribution in [2.75, 3.05) is 32.7 Å². The van der Waals surface area contributed by atoms with Crippen LogP contribution < -0.4 is 16.4 Å². The van der Waals surface area contributed by atoms with Gasteiger partial charge in [0.2, 0.25) is 0 Å². The molecular weight excluding hydrogens is 228 g/mol. The highest BCUT2D eigenvalue weighted by Gasteiger charge is 2.23. The number of amides is 2. The predicted molar refractivity (Wildman–Crippen MR) is 74.5 cm³/mol. The van der Waals surface area contributed by atoms with Gasteiger partial charge in [-0.2, -0.15) is 0 Å². The maximum absolute atomic E-state index is 10.5. The molecule has 0 aromatic carbocycles. The zero-order valence-electron chi connectivity index (χ0n) is 11.7. The maximum Gasteiger partial charge on any atom is 0.312 e. The Labute approximate surface area is 110 Å². The van der Waals surface area contributed by atoms with E-state index in [1.54, 1.807) is 0 Å². The molecule has 18 heavy (non-hydrogen) atoms. The zero-order valence-corrected chi connectivity index (χ0v) is 11.7. The van der Waals surface area contributed by atoms with Crippen LogP contribution in [0, 0.1) is 5.92 Å². The van der Waals surface area contributed by atoms with E-state index in [9.17, 15) is 4.79 Å². The Morgan fingerprint density at radius 1 is 1.50 bits per heavy atom. The van der Waals surface area contributed by atoms with E-state index in [0.717, 1.165) is 12.5 Å². The van der Waals surface area contributed by atoms with Crippen LogP contribution in [0.3, 0.4) is 0 Å². The molecule has 1 heterocycles. The maximum atomic E-state index is 10.5. The Morgan fingerprint density at radius 2 is 2.28 bits per heavy atom. The van der Waals surface area contributed by atoms with E-state index in [4.69, 9.17) is 5.73 Å². The first-order chi connectivity index (χ1) is 8.63. The third kappa shape index (κ3) is 5.69. The lowest BCUT2D eigenvalue weighted by atomic mass is 9.91.